The monoisotopic (exact) mass is 436 g/mol. The molecule has 0 unspecified atom stereocenters. The van der Waals surface area contributed by atoms with E-state index < -0.39 is 17.6 Å². The number of fused-ring (bicyclic) bond motifs is 1. The van der Waals surface area contributed by atoms with E-state index in [4.69, 9.17) is 10.00 Å². The number of aromatic nitrogens is 1. The molecule has 1 fully saturated rings. The Hall–Kier alpha value is -3.32. The molecule has 9 heteroatoms. The highest BCUT2D eigenvalue weighted by Gasteiger charge is 2.40. The number of cyclic esters (lactones) is 1. The van der Waals surface area contributed by atoms with Gasteiger partial charge in [0.1, 0.15) is 24.1 Å². The lowest BCUT2D eigenvalue weighted by molar-refractivity contribution is -0.139. The number of likely N-dealkylation sites (tertiary alicyclic amines) is 1. The van der Waals surface area contributed by atoms with Gasteiger partial charge in [-0.3, -0.25) is 4.79 Å². The minimum absolute atomic E-state index is 0.216. The summed E-state index contributed by atoms with van der Waals surface area (Å²) in [6.45, 7) is 3.32. The van der Waals surface area contributed by atoms with Gasteiger partial charge in [-0.1, -0.05) is 6.07 Å². The van der Waals surface area contributed by atoms with Crippen molar-refractivity contribution in [2.24, 2.45) is 0 Å². The van der Waals surface area contributed by atoms with Crippen LogP contribution >= 0.6 is 0 Å². The molecule has 0 saturated carbocycles. The molecule has 0 spiro atoms. The average molecular weight is 436 g/mol. The first-order chi connectivity index (χ1) is 15.3. The third kappa shape index (κ3) is 4.21. The number of aliphatic hydroxyl groups excluding tert-OH is 1. The predicted molar refractivity (Wildman–Crippen MR) is 113 cm³/mol. The number of piperidine rings is 1. The van der Waals surface area contributed by atoms with Crippen molar-refractivity contribution in [1.29, 1.82) is 5.26 Å². The van der Waals surface area contributed by atoms with Gasteiger partial charge in [0.05, 0.1) is 17.2 Å². The van der Waals surface area contributed by atoms with Crippen LogP contribution in [0.25, 0.3) is 0 Å². The van der Waals surface area contributed by atoms with E-state index in [9.17, 15) is 19.8 Å². The number of carbonyl (C=O) groups is 2. The number of amides is 1. The number of benzene rings is 1. The molecule has 9 nitrogen and oxygen atoms in total. The minimum atomic E-state index is -1.53. The summed E-state index contributed by atoms with van der Waals surface area (Å²) >= 11 is 0. The van der Waals surface area contributed by atoms with Gasteiger partial charge < -0.3 is 25.2 Å². The van der Waals surface area contributed by atoms with E-state index in [1.54, 1.807) is 18.2 Å². The molecule has 32 heavy (non-hydrogen) atoms. The molecule has 1 saturated heterocycles. The Morgan fingerprint density at radius 2 is 2.09 bits per heavy atom. The van der Waals surface area contributed by atoms with Crippen molar-refractivity contribution in [1.82, 2.24) is 9.88 Å². The van der Waals surface area contributed by atoms with Crippen molar-refractivity contribution >= 4 is 17.7 Å². The number of nitrogens with one attached hydrogen (secondary N) is 1. The first kappa shape index (κ1) is 21.9. The van der Waals surface area contributed by atoms with Crippen LogP contribution < -0.4 is 5.32 Å². The number of nitriles is 1. The quantitative estimate of drug-likeness (QED) is 0.599. The number of β-amino-alcohol motifs (C(OH)–C–C–N with tert-alkyl or cyclic N) is 1. The second-order valence-electron chi connectivity index (χ2n) is 8.23. The van der Waals surface area contributed by atoms with Gasteiger partial charge in [0.2, 0.25) is 0 Å². The van der Waals surface area contributed by atoms with Crippen LogP contribution in [0.3, 0.4) is 0 Å². The normalized spacial score (nSPS) is 18.4. The van der Waals surface area contributed by atoms with Crippen molar-refractivity contribution in [3.05, 3.63) is 58.3 Å². The summed E-state index contributed by atoms with van der Waals surface area (Å²) in [7, 11) is 0. The van der Waals surface area contributed by atoms with Gasteiger partial charge in [-0.15, -0.1) is 0 Å². The number of ether oxygens (including phenoxy) is 1. The van der Waals surface area contributed by atoms with Gasteiger partial charge in [0, 0.05) is 31.4 Å². The summed E-state index contributed by atoms with van der Waals surface area (Å²) in [6, 6.07) is 8.46. The first-order valence-corrected chi connectivity index (χ1v) is 10.4. The third-order valence-corrected chi connectivity index (χ3v) is 6.24. The summed E-state index contributed by atoms with van der Waals surface area (Å²) in [4.78, 5) is 30.3. The van der Waals surface area contributed by atoms with Crippen LogP contribution in [0, 0.1) is 18.3 Å². The number of esters is 1. The number of carbonyl (C=O) groups excluding carboxylic acids is 2. The molecule has 2 aromatic rings. The van der Waals surface area contributed by atoms with Gasteiger partial charge in [0.15, 0.2) is 0 Å². The summed E-state index contributed by atoms with van der Waals surface area (Å²) in [6.07, 6.45) is 1.02. The Morgan fingerprint density at radius 3 is 2.75 bits per heavy atom. The van der Waals surface area contributed by atoms with Crippen LogP contribution in [0.4, 0.5) is 5.82 Å². The van der Waals surface area contributed by atoms with E-state index in [-0.39, 0.29) is 31.2 Å². The first-order valence-electron chi connectivity index (χ1n) is 10.4. The fraction of sp³-hybridized carbons (Fsp3) is 0.391. The molecule has 1 aromatic heterocycles. The SMILES string of the molecule is Cc1c([C@@H](O)CN2CCC(O)(C(=O)Nc3ccc(C#N)cn3)CC2)ccc2c1COC2=O. The van der Waals surface area contributed by atoms with Crippen molar-refractivity contribution in [3.63, 3.8) is 0 Å². The molecule has 3 heterocycles. The van der Waals surface area contributed by atoms with E-state index in [2.05, 4.69) is 10.3 Å². The molecule has 4 rings (SSSR count). The van der Waals surface area contributed by atoms with E-state index in [1.165, 1.54) is 12.3 Å². The van der Waals surface area contributed by atoms with Crippen LogP contribution in [-0.2, 0) is 16.1 Å². The maximum atomic E-state index is 12.6. The van der Waals surface area contributed by atoms with Gasteiger partial charge >= 0.3 is 5.97 Å². The molecule has 2 aliphatic rings. The minimum Gasteiger partial charge on any atom is -0.457 e. The molecule has 1 amide bonds. The van der Waals surface area contributed by atoms with Gasteiger partial charge in [-0.2, -0.15) is 5.26 Å². The molecular formula is C23H24N4O5. The Morgan fingerprint density at radius 1 is 1.34 bits per heavy atom. The molecule has 1 aromatic carbocycles. The number of aliphatic hydroxyl groups is 2. The summed E-state index contributed by atoms with van der Waals surface area (Å²) in [5, 5.41) is 33.0. The Labute approximate surface area is 185 Å². The molecule has 166 valence electrons. The maximum absolute atomic E-state index is 12.6. The summed E-state index contributed by atoms with van der Waals surface area (Å²) in [5.41, 5.74) is 1.80. The molecule has 1 atom stereocenters. The van der Waals surface area contributed by atoms with Crippen molar-refractivity contribution < 1.29 is 24.5 Å². The standard InChI is InChI=1S/C23H24N4O5/c1-14-16(3-4-17-18(14)13-32-21(17)29)19(28)12-27-8-6-23(31,7-9-27)22(30)26-20-5-2-15(10-24)11-25-20/h2-5,11,19,28,31H,6-9,12-13H2,1H3,(H,25,26,30)/t19-/m0/s1. The van der Waals surface area contributed by atoms with Gasteiger partial charge in [0.25, 0.3) is 5.91 Å². The highest BCUT2D eigenvalue weighted by atomic mass is 16.5. The van der Waals surface area contributed by atoms with Crippen molar-refractivity contribution in [2.75, 3.05) is 25.0 Å². The number of hydrogen-bond donors (Lipinski definition) is 3. The Bertz CT molecular complexity index is 1080. The van der Waals surface area contributed by atoms with E-state index in [0.29, 0.717) is 30.8 Å². The van der Waals surface area contributed by atoms with Crippen molar-refractivity contribution in [3.8, 4) is 6.07 Å². The molecule has 0 bridgehead atoms. The van der Waals surface area contributed by atoms with E-state index in [1.807, 2.05) is 17.9 Å². The lowest BCUT2D eigenvalue weighted by Crippen LogP contribution is -2.52. The molecule has 2 aliphatic heterocycles. The number of anilines is 1. The van der Waals surface area contributed by atoms with Gasteiger partial charge in [-0.05, 0) is 49.1 Å². The predicted octanol–water partition coefficient (Wildman–Crippen LogP) is 1.43. The second-order valence-corrected chi connectivity index (χ2v) is 8.23. The topological polar surface area (TPSA) is 136 Å². The van der Waals surface area contributed by atoms with Gasteiger partial charge in [-0.25, -0.2) is 9.78 Å². The van der Waals surface area contributed by atoms with E-state index >= 15 is 0 Å². The maximum Gasteiger partial charge on any atom is 0.338 e. The number of hydrogen-bond acceptors (Lipinski definition) is 8. The lowest BCUT2D eigenvalue weighted by atomic mass is 9.89. The Balaban J connectivity index is 1.34. The number of pyridine rings is 1. The molecule has 3 N–H and O–H groups in total. The van der Waals surface area contributed by atoms with E-state index in [0.717, 1.165) is 16.7 Å². The van der Waals surface area contributed by atoms with Crippen LogP contribution in [0.1, 0.15) is 51.6 Å². The largest absolute Gasteiger partial charge is 0.457 e. The van der Waals surface area contributed by atoms with Crippen LogP contribution in [0.5, 0.6) is 0 Å². The Kier molecular flexibility index (Phi) is 5.93. The van der Waals surface area contributed by atoms with Crippen LogP contribution in [0.2, 0.25) is 0 Å². The number of nitrogens with zero attached hydrogens (tertiary/aromatic N) is 3. The third-order valence-electron chi connectivity index (χ3n) is 6.24. The zero-order chi connectivity index (χ0) is 22.9. The second kappa shape index (κ2) is 8.67. The smallest absolute Gasteiger partial charge is 0.338 e. The molecule has 0 aliphatic carbocycles. The van der Waals surface area contributed by atoms with Crippen LogP contribution in [0.15, 0.2) is 30.5 Å². The average Bonchev–Trinajstić information content (AvgIpc) is 3.17. The zero-order valence-electron chi connectivity index (χ0n) is 17.7. The van der Waals surface area contributed by atoms with Crippen LogP contribution in [-0.4, -0.2) is 57.2 Å². The van der Waals surface area contributed by atoms with Crippen molar-refractivity contribution in [2.45, 2.75) is 38.1 Å². The fourth-order valence-corrected chi connectivity index (χ4v) is 4.17. The highest BCUT2D eigenvalue weighted by Crippen LogP contribution is 2.31. The lowest BCUT2D eigenvalue weighted by Gasteiger charge is -2.37. The molecule has 0 radical (unpaired) electrons. The zero-order valence-corrected chi connectivity index (χ0v) is 17.7. The molecular weight excluding hydrogens is 412 g/mol. The highest BCUT2D eigenvalue weighted by molar-refractivity contribution is 5.96. The summed E-state index contributed by atoms with van der Waals surface area (Å²) < 4.78 is 5.07. The fourth-order valence-electron chi connectivity index (χ4n) is 4.17. The number of rotatable bonds is 5. The summed E-state index contributed by atoms with van der Waals surface area (Å²) in [5.74, 6) is -0.599.